The van der Waals surface area contributed by atoms with Crippen molar-refractivity contribution in [2.45, 2.75) is 25.6 Å². The quantitative estimate of drug-likeness (QED) is 0.746. The van der Waals surface area contributed by atoms with Gasteiger partial charge in [-0.3, -0.25) is 0 Å². The molecule has 1 heterocycles. The number of halogens is 1. The summed E-state index contributed by atoms with van der Waals surface area (Å²) in [7, 11) is 0. The molecule has 0 amide bonds. The summed E-state index contributed by atoms with van der Waals surface area (Å²) in [6.45, 7) is 4.22. The second kappa shape index (κ2) is 4.30. The largest absolute Gasteiger partial charge is 0.422 e. The van der Waals surface area contributed by atoms with E-state index in [2.05, 4.69) is 13.8 Å². The zero-order chi connectivity index (χ0) is 11.7. The van der Waals surface area contributed by atoms with Crippen molar-refractivity contribution < 1.29 is 4.42 Å². The standard InChI is InChI=1S/C13H13ClO2/c1-8(2)9-4-3-5-12-10(6-9)11(7-14)13(15)16-12/h3-6,8H,7H2,1-2H3. The highest BCUT2D eigenvalue weighted by Crippen LogP contribution is 2.27. The number of hydrogen-bond acceptors (Lipinski definition) is 2. The summed E-state index contributed by atoms with van der Waals surface area (Å²) in [5, 5.41) is 0. The number of rotatable bonds is 2. The molecule has 0 fully saturated rings. The predicted molar refractivity (Wildman–Crippen MR) is 65.2 cm³/mol. The smallest absolute Gasteiger partial charge is 0.341 e. The fourth-order valence-corrected chi connectivity index (χ4v) is 1.96. The SMILES string of the molecule is CC(C)c1cccc2oc(=O)c(CCl)c-2c1. The molecule has 0 aromatic heterocycles. The van der Waals surface area contributed by atoms with Crippen LogP contribution in [0.2, 0.25) is 0 Å². The van der Waals surface area contributed by atoms with Crippen LogP contribution in [0.4, 0.5) is 0 Å². The molecule has 0 saturated carbocycles. The molecule has 1 aliphatic heterocycles. The average Bonchev–Trinajstić information content (AvgIpc) is 2.42. The summed E-state index contributed by atoms with van der Waals surface area (Å²) in [5.74, 6) is 1.20. The van der Waals surface area contributed by atoms with E-state index >= 15 is 0 Å². The molecule has 0 N–H and O–H groups in total. The lowest BCUT2D eigenvalue weighted by atomic mass is 10.0. The van der Waals surface area contributed by atoms with Crippen LogP contribution in [-0.2, 0) is 5.88 Å². The lowest BCUT2D eigenvalue weighted by Crippen LogP contribution is -1.98. The third-order valence-corrected chi connectivity index (χ3v) is 2.95. The molecule has 0 radical (unpaired) electrons. The van der Waals surface area contributed by atoms with E-state index in [4.69, 9.17) is 16.0 Å². The second-order valence-corrected chi connectivity index (χ2v) is 4.37. The molecule has 2 rings (SSSR count). The topological polar surface area (TPSA) is 30.2 Å². The maximum atomic E-state index is 11.5. The van der Waals surface area contributed by atoms with E-state index in [0.29, 0.717) is 17.2 Å². The van der Waals surface area contributed by atoms with Gasteiger partial charge < -0.3 is 4.42 Å². The van der Waals surface area contributed by atoms with Crippen LogP contribution >= 0.6 is 11.6 Å². The summed E-state index contributed by atoms with van der Waals surface area (Å²) >= 11 is 5.77. The molecule has 0 bridgehead atoms. The molecule has 16 heavy (non-hydrogen) atoms. The van der Waals surface area contributed by atoms with Crippen molar-refractivity contribution >= 4 is 11.6 Å². The van der Waals surface area contributed by atoms with Gasteiger partial charge in [0.25, 0.3) is 0 Å². The van der Waals surface area contributed by atoms with Gasteiger partial charge in [-0.25, -0.2) is 4.79 Å². The van der Waals surface area contributed by atoms with Crippen molar-refractivity contribution in [2.24, 2.45) is 0 Å². The Bertz CT molecular complexity index is 528. The van der Waals surface area contributed by atoms with Crippen LogP contribution in [0, 0.1) is 0 Å². The monoisotopic (exact) mass is 236 g/mol. The zero-order valence-corrected chi connectivity index (χ0v) is 10.0. The molecule has 0 atom stereocenters. The van der Waals surface area contributed by atoms with Crippen LogP contribution in [0.3, 0.4) is 0 Å². The Morgan fingerprint density at radius 1 is 1.38 bits per heavy atom. The maximum absolute atomic E-state index is 11.5. The van der Waals surface area contributed by atoms with Gasteiger partial charge in [-0.15, -0.1) is 11.6 Å². The summed E-state index contributed by atoms with van der Waals surface area (Å²) in [6.07, 6.45) is 0. The molecule has 0 unspecified atom stereocenters. The molecule has 2 nitrogen and oxygen atoms in total. The first-order chi connectivity index (χ1) is 7.63. The molecular formula is C13H13ClO2. The predicted octanol–water partition coefficient (Wildman–Crippen LogP) is 3.61. The van der Waals surface area contributed by atoms with Crippen molar-refractivity contribution in [2.75, 3.05) is 0 Å². The summed E-state index contributed by atoms with van der Waals surface area (Å²) in [6, 6.07) is 7.72. The van der Waals surface area contributed by atoms with Gasteiger partial charge in [-0.2, -0.15) is 0 Å². The van der Waals surface area contributed by atoms with Gasteiger partial charge in [0.15, 0.2) is 0 Å². The molecule has 0 saturated heterocycles. The van der Waals surface area contributed by atoms with Crippen molar-refractivity contribution in [1.82, 2.24) is 0 Å². The number of furan rings is 1. The van der Waals surface area contributed by atoms with Crippen LogP contribution in [0.1, 0.15) is 30.9 Å². The Hall–Kier alpha value is -1.28. The summed E-state index contributed by atoms with van der Waals surface area (Å²) in [4.78, 5) is 11.5. The Labute approximate surface area is 99.2 Å². The van der Waals surface area contributed by atoms with E-state index < -0.39 is 0 Å². The van der Waals surface area contributed by atoms with E-state index in [1.54, 1.807) is 6.07 Å². The molecule has 3 heteroatoms. The van der Waals surface area contributed by atoms with Gasteiger partial charge in [-0.05, 0) is 23.6 Å². The Kier molecular flexibility index (Phi) is 3.01. The van der Waals surface area contributed by atoms with E-state index in [0.717, 1.165) is 5.56 Å². The molecule has 2 aliphatic rings. The van der Waals surface area contributed by atoms with E-state index in [1.807, 2.05) is 18.2 Å². The van der Waals surface area contributed by atoms with Gasteiger partial charge in [0, 0.05) is 5.56 Å². The Morgan fingerprint density at radius 3 is 2.75 bits per heavy atom. The normalized spacial score (nSPS) is 11.2. The molecule has 84 valence electrons. The molecule has 0 aromatic rings. The molecular weight excluding hydrogens is 224 g/mol. The lowest BCUT2D eigenvalue weighted by molar-refractivity contribution is 0.542. The first kappa shape index (κ1) is 11.2. The number of fused-ring (bicyclic) bond motifs is 1. The third-order valence-electron chi connectivity index (χ3n) is 2.69. The number of hydrogen-bond donors (Lipinski definition) is 0. The van der Waals surface area contributed by atoms with E-state index in [1.165, 1.54) is 5.56 Å². The molecule has 1 aliphatic carbocycles. The highest BCUT2D eigenvalue weighted by atomic mass is 35.5. The fraction of sp³-hybridized carbons (Fsp3) is 0.308. The molecule has 0 aromatic carbocycles. The van der Waals surface area contributed by atoms with E-state index in [-0.39, 0.29) is 11.5 Å². The van der Waals surface area contributed by atoms with Crippen LogP contribution < -0.4 is 5.63 Å². The Balaban J connectivity index is 2.73. The second-order valence-electron chi connectivity index (χ2n) is 4.10. The Morgan fingerprint density at radius 2 is 2.12 bits per heavy atom. The minimum Gasteiger partial charge on any atom is -0.422 e. The van der Waals surface area contributed by atoms with Crippen molar-refractivity contribution in [3.05, 3.63) is 45.8 Å². The van der Waals surface area contributed by atoms with Gasteiger partial charge in [0.2, 0.25) is 0 Å². The minimum atomic E-state index is -0.328. The van der Waals surface area contributed by atoms with Crippen LogP contribution in [0.15, 0.2) is 33.5 Å². The lowest BCUT2D eigenvalue weighted by Gasteiger charge is -2.01. The first-order valence-corrected chi connectivity index (χ1v) is 5.78. The van der Waals surface area contributed by atoms with Gasteiger partial charge in [0.1, 0.15) is 5.76 Å². The summed E-state index contributed by atoms with van der Waals surface area (Å²) < 4.78 is 5.14. The maximum Gasteiger partial charge on any atom is 0.341 e. The van der Waals surface area contributed by atoms with Gasteiger partial charge in [0.05, 0.1) is 11.4 Å². The highest BCUT2D eigenvalue weighted by molar-refractivity contribution is 6.17. The fourth-order valence-electron chi connectivity index (χ4n) is 1.70. The average molecular weight is 237 g/mol. The zero-order valence-electron chi connectivity index (χ0n) is 9.29. The van der Waals surface area contributed by atoms with Gasteiger partial charge in [-0.1, -0.05) is 26.0 Å². The van der Waals surface area contributed by atoms with Crippen molar-refractivity contribution in [3.63, 3.8) is 0 Å². The third kappa shape index (κ3) is 1.85. The van der Waals surface area contributed by atoms with Crippen molar-refractivity contribution in [1.29, 1.82) is 0 Å². The van der Waals surface area contributed by atoms with Crippen molar-refractivity contribution in [3.8, 4) is 11.3 Å². The summed E-state index contributed by atoms with van der Waals surface area (Å²) in [5.41, 5.74) is 2.22. The van der Waals surface area contributed by atoms with E-state index in [9.17, 15) is 4.79 Å². The highest BCUT2D eigenvalue weighted by Gasteiger charge is 2.16. The first-order valence-electron chi connectivity index (χ1n) is 5.25. The minimum absolute atomic E-state index is 0.188. The molecule has 0 spiro atoms. The van der Waals surface area contributed by atoms with Crippen LogP contribution in [-0.4, -0.2) is 0 Å². The number of alkyl halides is 1. The van der Waals surface area contributed by atoms with Crippen LogP contribution in [0.25, 0.3) is 11.3 Å². The van der Waals surface area contributed by atoms with Gasteiger partial charge >= 0.3 is 5.63 Å². The van der Waals surface area contributed by atoms with Crippen LogP contribution in [0.5, 0.6) is 0 Å².